The number of anilines is 1. The monoisotopic (exact) mass is 223 g/mol. The Kier molecular flexibility index (Phi) is 4.24. The van der Waals surface area contributed by atoms with Crippen LogP contribution >= 0.6 is 12.2 Å². The Bertz CT molecular complexity index is 351. The maximum atomic E-state index is 11.0. The van der Waals surface area contributed by atoms with Crippen molar-refractivity contribution in [1.29, 1.82) is 0 Å². The van der Waals surface area contributed by atoms with Crippen LogP contribution in [0.4, 0.5) is 5.69 Å². The topological polar surface area (TPSA) is 29.5 Å². The summed E-state index contributed by atoms with van der Waals surface area (Å²) in [4.78, 5) is 13.4. The van der Waals surface area contributed by atoms with Gasteiger partial charge in [-0.1, -0.05) is 30.4 Å². The summed E-state index contributed by atoms with van der Waals surface area (Å²) in [5.74, 6) is -0.317. The second-order valence-electron chi connectivity index (χ2n) is 3.04. The average molecular weight is 223 g/mol. The van der Waals surface area contributed by atoms with E-state index in [1.807, 2.05) is 37.4 Å². The Morgan fingerprint density at radius 2 is 2.00 bits per heavy atom. The second-order valence-corrected chi connectivity index (χ2v) is 3.51. The van der Waals surface area contributed by atoms with Crippen LogP contribution in [-0.2, 0) is 9.53 Å². The Morgan fingerprint density at radius 1 is 1.40 bits per heavy atom. The Morgan fingerprint density at radius 3 is 2.53 bits per heavy atom. The van der Waals surface area contributed by atoms with Crippen molar-refractivity contribution in [2.45, 2.75) is 6.42 Å². The van der Waals surface area contributed by atoms with Crippen LogP contribution in [0.5, 0.6) is 0 Å². The molecule has 3 nitrogen and oxygen atoms in total. The molecule has 0 fully saturated rings. The van der Waals surface area contributed by atoms with E-state index in [-0.39, 0.29) is 12.4 Å². The number of carbonyl (C=O) groups is 1. The Hall–Kier alpha value is -1.42. The lowest BCUT2D eigenvalue weighted by atomic mass is 10.3. The van der Waals surface area contributed by atoms with Gasteiger partial charge in [-0.25, -0.2) is 0 Å². The highest BCUT2D eigenvalue weighted by Crippen LogP contribution is 2.13. The molecule has 0 amide bonds. The fourth-order valence-corrected chi connectivity index (χ4v) is 1.33. The van der Waals surface area contributed by atoms with E-state index in [0.29, 0.717) is 4.99 Å². The van der Waals surface area contributed by atoms with Gasteiger partial charge in [0.25, 0.3) is 0 Å². The highest BCUT2D eigenvalue weighted by molar-refractivity contribution is 7.80. The quantitative estimate of drug-likeness (QED) is 0.579. The van der Waals surface area contributed by atoms with E-state index in [1.165, 1.54) is 7.11 Å². The van der Waals surface area contributed by atoms with E-state index in [4.69, 9.17) is 12.2 Å². The van der Waals surface area contributed by atoms with Gasteiger partial charge < -0.3 is 9.64 Å². The minimum atomic E-state index is -0.317. The molecule has 0 saturated heterocycles. The Labute approximate surface area is 94.6 Å². The van der Waals surface area contributed by atoms with Crippen LogP contribution in [0.15, 0.2) is 30.3 Å². The van der Waals surface area contributed by atoms with Gasteiger partial charge in [-0.05, 0) is 12.1 Å². The summed E-state index contributed by atoms with van der Waals surface area (Å²) >= 11 is 5.13. The molecular formula is C11H13NO2S. The fraction of sp³-hybridized carbons (Fsp3) is 0.273. The highest BCUT2D eigenvalue weighted by atomic mass is 32.1. The number of rotatable bonds is 3. The number of ether oxygens (including phenoxy) is 1. The molecule has 0 radical (unpaired) electrons. The molecule has 80 valence electrons. The van der Waals surface area contributed by atoms with Gasteiger partial charge in [0.2, 0.25) is 0 Å². The highest BCUT2D eigenvalue weighted by Gasteiger charge is 2.11. The lowest BCUT2D eigenvalue weighted by Gasteiger charge is -2.19. The lowest BCUT2D eigenvalue weighted by Crippen LogP contribution is -2.26. The van der Waals surface area contributed by atoms with Crippen LogP contribution < -0.4 is 4.90 Å². The zero-order chi connectivity index (χ0) is 11.3. The predicted octanol–water partition coefficient (Wildman–Crippen LogP) is 2.01. The molecule has 4 heteroatoms. The normalized spacial score (nSPS) is 9.47. The summed E-state index contributed by atoms with van der Waals surface area (Å²) in [6.07, 6.45) is 0.136. The molecule has 0 heterocycles. The summed E-state index contributed by atoms with van der Waals surface area (Å²) in [7, 11) is 3.19. The number of esters is 1. The van der Waals surface area contributed by atoms with Crippen molar-refractivity contribution in [2.75, 3.05) is 19.1 Å². The van der Waals surface area contributed by atoms with E-state index >= 15 is 0 Å². The Balaban J connectivity index is 2.65. The number of para-hydroxylation sites is 1. The maximum Gasteiger partial charge on any atom is 0.312 e. The standard InChI is InChI=1S/C11H13NO2S/c1-12(9-6-4-3-5-7-9)10(15)8-11(13)14-2/h3-7H,8H2,1-2H3. The maximum absolute atomic E-state index is 11.0. The van der Waals surface area contributed by atoms with Gasteiger partial charge in [-0.15, -0.1) is 0 Å². The van der Waals surface area contributed by atoms with Crippen molar-refractivity contribution < 1.29 is 9.53 Å². The van der Waals surface area contributed by atoms with Crippen LogP contribution in [0.3, 0.4) is 0 Å². The molecule has 0 N–H and O–H groups in total. The first kappa shape index (κ1) is 11.7. The number of nitrogens with zero attached hydrogens (tertiary/aromatic N) is 1. The molecule has 0 unspecified atom stereocenters. The van der Waals surface area contributed by atoms with Crippen LogP contribution in [0, 0.1) is 0 Å². The van der Waals surface area contributed by atoms with Crippen LogP contribution in [0.25, 0.3) is 0 Å². The third-order valence-corrected chi connectivity index (χ3v) is 2.46. The second kappa shape index (κ2) is 5.46. The molecular weight excluding hydrogens is 210 g/mol. The zero-order valence-corrected chi connectivity index (χ0v) is 9.58. The molecule has 0 aliphatic rings. The molecule has 0 saturated carbocycles. The lowest BCUT2D eigenvalue weighted by molar-refractivity contribution is -0.139. The van der Waals surface area contributed by atoms with Crippen molar-refractivity contribution in [3.05, 3.63) is 30.3 Å². The van der Waals surface area contributed by atoms with E-state index < -0.39 is 0 Å². The van der Waals surface area contributed by atoms with Crippen molar-refractivity contribution in [3.63, 3.8) is 0 Å². The van der Waals surface area contributed by atoms with E-state index in [2.05, 4.69) is 4.74 Å². The van der Waals surface area contributed by atoms with Crippen LogP contribution in [0.2, 0.25) is 0 Å². The van der Waals surface area contributed by atoms with E-state index in [0.717, 1.165) is 5.69 Å². The number of hydrogen-bond donors (Lipinski definition) is 0. The number of methoxy groups -OCH3 is 1. The molecule has 0 aliphatic carbocycles. The van der Waals surface area contributed by atoms with Gasteiger partial charge >= 0.3 is 5.97 Å². The molecule has 0 bridgehead atoms. The first-order valence-electron chi connectivity index (χ1n) is 4.53. The summed E-state index contributed by atoms with van der Waals surface area (Å²) < 4.78 is 4.55. The molecule has 15 heavy (non-hydrogen) atoms. The molecule has 1 aromatic carbocycles. The van der Waals surface area contributed by atoms with Gasteiger partial charge in [-0.2, -0.15) is 0 Å². The van der Waals surface area contributed by atoms with Crippen molar-refractivity contribution in [1.82, 2.24) is 0 Å². The predicted molar refractivity (Wildman–Crippen MR) is 64.1 cm³/mol. The zero-order valence-electron chi connectivity index (χ0n) is 8.77. The molecule has 0 aromatic heterocycles. The van der Waals surface area contributed by atoms with Gasteiger partial charge in [0.05, 0.1) is 18.5 Å². The number of benzene rings is 1. The smallest absolute Gasteiger partial charge is 0.312 e. The van der Waals surface area contributed by atoms with Crippen molar-refractivity contribution in [2.24, 2.45) is 0 Å². The number of hydrogen-bond acceptors (Lipinski definition) is 3. The molecule has 1 aromatic rings. The number of carbonyl (C=O) groups excluding carboxylic acids is 1. The average Bonchev–Trinajstić information content (AvgIpc) is 2.29. The van der Waals surface area contributed by atoms with Crippen LogP contribution in [-0.4, -0.2) is 25.1 Å². The summed E-state index contributed by atoms with van der Waals surface area (Å²) in [5, 5.41) is 0. The van der Waals surface area contributed by atoms with Gasteiger partial charge in [0.1, 0.15) is 0 Å². The van der Waals surface area contributed by atoms with Gasteiger partial charge in [-0.3, -0.25) is 4.79 Å². The molecule has 0 aliphatic heterocycles. The summed E-state index contributed by atoms with van der Waals surface area (Å²) in [6.45, 7) is 0. The minimum Gasteiger partial charge on any atom is -0.469 e. The van der Waals surface area contributed by atoms with E-state index in [1.54, 1.807) is 4.90 Å². The first-order valence-corrected chi connectivity index (χ1v) is 4.94. The molecule has 0 spiro atoms. The minimum absolute atomic E-state index is 0.136. The summed E-state index contributed by atoms with van der Waals surface area (Å²) in [6, 6.07) is 9.65. The molecule has 1 rings (SSSR count). The third-order valence-electron chi connectivity index (χ3n) is 2.04. The van der Waals surface area contributed by atoms with Gasteiger partial charge in [0, 0.05) is 12.7 Å². The third kappa shape index (κ3) is 3.32. The SMILES string of the molecule is COC(=O)CC(=S)N(C)c1ccccc1. The van der Waals surface area contributed by atoms with E-state index in [9.17, 15) is 4.79 Å². The van der Waals surface area contributed by atoms with Crippen molar-refractivity contribution >= 4 is 28.9 Å². The van der Waals surface area contributed by atoms with Crippen molar-refractivity contribution in [3.8, 4) is 0 Å². The molecule has 0 atom stereocenters. The summed E-state index contributed by atoms with van der Waals surface area (Å²) in [5.41, 5.74) is 0.964. The fourth-order valence-electron chi connectivity index (χ4n) is 1.11. The number of thiocarbonyl (C=S) groups is 1. The first-order chi connectivity index (χ1) is 7.15. The van der Waals surface area contributed by atoms with Gasteiger partial charge in [0.15, 0.2) is 0 Å². The largest absolute Gasteiger partial charge is 0.469 e. The van der Waals surface area contributed by atoms with Crippen LogP contribution in [0.1, 0.15) is 6.42 Å².